The Kier molecular flexibility index (Phi) is 2.69. The van der Waals surface area contributed by atoms with Crippen molar-refractivity contribution in [2.75, 3.05) is 0 Å². The quantitative estimate of drug-likeness (QED) is 0.566. The molecule has 78 valence electrons. The second kappa shape index (κ2) is 3.64. The van der Waals surface area contributed by atoms with Gasteiger partial charge >= 0.3 is 0 Å². The van der Waals surface area contributed by atoms with Crippen LogP contribution in [0.3, 0.4) is 0 Å². The predicted octanol–water partition coefficient (Wildman–Crippen LogP) is 0.114. The van der Waals surface area contributed by atoms with Crippen molar-refractivity contribution in [3.8, 4) is 6.07 Å². The summed E-state index contributed by atoms with van der Waals surface area (Å²) in [5.74, 6) is 0. The molecule has 0 unspecified atom stereocenters. The summed E-state index contributed by atoms with van der Waals surface area (Å²) >= 11 is 0. The highest BCUT2D eigenvalue weighted by Crippen LogP contribution is 2.23. The molecule has 0 aliphatic carbocycles. The van der Waals surface area contributed by atoms with Crippen LogP contribution in [0.15, 0.2) is 23.1 Å². The van der Waals surface area contributed by atoms with Gasteiger partial charge in [-0.25, -0.2) is 13.6 Å². The first-order chi connectivity index (χ1) is 6.86. The van der Waals surface area contributed by atoms with Crippen LogP contribution < -0.4 is 5.14 Å². The Labute approximate surface area is 84.9 Å². The maximum atomic E-state index is 11.0. The molecule has 0 fully saturated rings. The summed E-state index contributed by atoms with van der Waals surface area (Å²) in [4.78, 5) is 8.94. The third-order valence-corrected chi connectivity index (χ3v) is 2.53. The molecule has 2 N–H and O–H groups in total. The van der Waals surface area contributed by atoms with Crippen LogP contribution in [-0.2, 0) is 10.0 Å². The molecule has 7 nitrogen and oxygen atoms in total. The minimum Gasteiger partial charge on any atom is -0.258 e. The van der Waals surface area contributed by atoms with Gasteiger partial charge in [-0.2, -0.15) is 5.26 Å². The fraction of sp³-hybridized carbons (Fsp3) is 0. The summed E-state index contributed by atoms with van der Waals surface area (Å²) in [7, 11) is -4.20. The molecule has 0 bridgehead atoms. The van der Waals surface area contributed by atoms with Crippen molar-refractivity contribution < 1.29 is 13.3 Å². The highest BCUT2D eigenvalue weighted by molar-refractivity contribution is 7.89. The first-order valence-electron chi connectivity index (χ1n) is 3.57. The number of sulfonamides is 1. The number of nitrogens with zero attached hydrogens (tertiary/aromatic N) is 2. The van der Waals surface area contributed by atoms with Crippen LogP contribution >= 0.6 is 0 Å². The van der Waals surface area contributed by atoms with E-state index in [9.17, 15) is 18.5 Å². The first kappa shape index (κ1) is 11.1. The van der Waals surface area contributed by atoms with Gasteiger partial charge in [0, 0.05) is 6.07 Å². The largest absolute Gasteiger partial charge is 0.289 e. The average Bonchev–Trinajstić information content (AvgIpc) is 2.15. The molecule has 0 spiro atoms. The maximum absolute atomic E-state index is 11.0. The van der Waals surface area contributed by atoms with E-state index in [2.05, 4.69) is 0 Å². The minimum absolute atomic E-state index is 0.00961. The van der Waals surface area contributed by atoms with Gasteiger partial charge < -0.3 is 0 Å². The van der Waals surface area contributed by atoms with Crippen LogP contribution in [0.1, 0.15) is 5.56 Å². The number of nitro groups is 1. The van der Waals surface area contributed by atoms with E-state index in [1.54, 1.807) is 6.07 Å². The highest BCUT2D eigenvalue weighted by atomic mass is 32.2. The van der Waals surface area contributed by atoms with Gasteiger partial charge in [0.25, 0.3) is 5.69 Å². The Balaban J connectivity index is 3.59. The molecule has 0 aliphatic rings. The van der Waals surface area contributed by atoms with Gasteiger partial charge in [0.15, 0.2) is 4.90 Å². The highest BCUT2D eigenvalue weighted by Gasteiger charge is 2.22. The number of rotatable bonds is 2. The molecule has 0 amide bonds. The van der Waals surface area contributed by atoms with Gasteiger partial charge in [0.05, 0.1) is 16.6 Å². The molecule has 15 heavy (non-hydrogen) atoms. The average molecular weight is 227 g/mol. The van der Waals surface area contributed by atoms with E-state index in [4.69, 9.17) is 10.4 Å². The molecule has 1 aromatic carbocycles. The van der Waals surface area contributed by atoms with E-state index in [0.717, 1.165) is 18.2 Å². The standard InChI is InChI=1S/C7H5N3O4S/c8-4-5-1-2-6(10(11)12)7(3-5)15(9,13)14/h1-3H,(H2,9,13,14). The first-order valence-corrected chi connectivity index (χ1v) is 5.12. The van der Waals surface area contributed by atoms with Crippen LogP contribution in [0.25, 0.3) is 0 Å². The number of benzene rings is 1. The lowest BCUT2D eigenvalue weighted by molar-refractivity contribution is -0.387. The maximum Gasteiger partial charge on any atom is 0.289 e. The lowest BCUT2D eigenvalue weighted by Gasteiger charge is -1.99. The lowest BCUT2D eigenvalue weighted by Crippen LogP contribution is -2.14. The second-order valence-corrected chi connectivity index (χ2v) is 4.13. The molecule has 1 aromatic rings. The third-order valence-electron chi connectivity index (χ3n) is 1.59. The summed E-state index contributed by atoms with van der Waals surface area (Å²) in [6.45, 7) is 0. The lowest BCUT2D eigenvalue weighted by atomic mass is 10.2. The summed E-state index contributed by atoms with van der Waals surface area (Å²) in [6, 6.07) is 4.61. The Bertz CT molecular complexity index is 558. The Hall–Kier alpha value is -1.98. The predicted molar refractivity (Wildman–Crippen MR) is 49.2 cm³/mol. The third kappa shape index (κ3) is 2.28. The van der Waals surface area contributed by atoms with Crippen molar-refractivity contribution >= 4 is 15.7 Å². The van der Waals surface area contributed by atoms with E-state index >= 15 is 0 Å². The van der Waals surface area contributed by atoms with Crippen molar-refractivity contribution in [1.82, 2.24) is 0 Å². The molecule has 0 saturated carbocycles. The summed E-state index contributed by atoms with van der Waals surface area (Å²) in [6.07, 6.45) is 0. The number of nitriles is 1. The van der Waals surface area contributed by atoms with Crippen LogP contribution in [0.5, 0.6) is 0 Å². The van der Waals surface area contributed by atoms with Crippen molar-refractivity contribution in [2.24, 2.45) is 5.14 Å². The fourth-order valence-electron chi connectivity index (χ4n) is 0.962. The number of nitro benzene ring substituents is 1. The molecule has 8 heteroatoms. The van der Waals surface area contributed by atoms with Crippen molar-refractivity contribution in [1.29, 1.82) is 5.26 Å². The van der Waals surface area contributed by atoms with Crippen molar-refractivity contribution in [2.45, 2.75) is 4.90 Å². The summed E-state index contributed by atoms with van der Waals surface area (Å²) in [5, 5.41) is 23.7. The number of hydrogen-bond acceptors (Lipinski definition) is 5. The smallest absolute Gasteiger partial charge is 0.258 e. The molecule has 0 atom stereocenters. The van der Waals surface area contributed by atoms with Crippen LogP contribution in [0.2, 0.25) is 0 Å². The monoisotopic (exact) mass is 227 g/mol. The van der Waals surface area contributed by atoms with Crippen molar-refractivity contribution in [3.63, 3.8) is 0 Å². The topological polar surface area (TPSA) is 127 Å². The molecular weight excluding hydrogens is 222 g/mol. The van der Waals surface area contributed by atoms with Crippen LogP contribution in [0.4, 0.5) is 5.69 Å². The Morgan fingerprint density at radius 2 is 2.07 bits per heavy atom. The van der Waals surface area contributed by atoms with Gasteiger partial charge in [-0.3, -0.25) is 10.1 Å². The molecule has 0 aliphatic heterocycles. The van der Waals surface area contributed by atoms with E-state index in [0.29, 0.717) is 0 Å². The van der Waals surface area contributed by atoms with Gasteiger partial charge in [-0.05, 0) is 12.1 Å². The van der Waals surface area contributed by atoms with Crippen LogP contribution in [0, 0.1) is 21.4 Å². The Morgan fingerprint density at radius 3 is 2.47 bits per heavy atom. The molecule has 0 heterocycles. The van der Waals surface area contributed by atoms with Gasteiger partial charge in [0.1, 0.15) is 0 Å². The van der Waals surface area contributed by atoms with Gasteiger partial charge in [-0.1, -0.05) is 0 Å². The van der Waals surface area contributed by atoms with E-state index in [-0.39, 0.29) is 5.56 Å². The van der Waals surface area contributed by atoms with Gasteiger partial charge in [-0.15, -0.1) is 0 Å². The molecule has 1 rings (SSSR count). The van der Waals surface area contributed by atoms with E-state index in [1.165, 1.54) is 0 Å². The Morgan fingerprint density at radius 1 is 1.47 bits per heavy atom. The zero-order valence-electron chi connectivity index (χ0n) is 7.25. The zero-order chi connectivity index (χ0) is 11.6. The normalized spacial score (nSPS) is 10.7. The molecule has 0 saturated heterocycles. The van der Waals surface area contributed by atoms with E-state index < -0.39 is 25.5 Å². The number of nitrogens with two attached hydrogens (primary N) is 1. The van der Waals surface area contributed by atoms with Crippen molar-refractivity contribution in [3.05, 3.63) is 33.9 Å². The molecule has 0 aromatic heterocycles. The van der Waals surface area contributed by atoms with Gasteiger partial charge in [0.2, 0.25) is 10.0 Å². The summed E-state index contributed by atoms with van der Waals surface area (Å²) in [5.41, 5.74) is -0.652. The molecule has 0 radical (unpaired) electrons. The fourth-order valence-corrected chi connectivity index (χ4v) is 1.69. The number of hydrogen-bond donors (Lipinski definition) is 1. The minimum atomic E-state index is -4.20. The second-order valence-electron chi connectivity index (χ2n) is 2.60. The molecular formula is C7H5N3O4S. The number of primary sulfonamides is 1. The zero-order valence-corrected chi connectivity index (χ0v) is 8.06. The SMILES string of the molecule is N#Cc1ccc([N+](=O)[O-])c(S(N)(=O)=O)c1. The van der Waals surface area contributed by atoms with Crippen LogP contribution in [-0.4, -0.2) is 13.3 Å². The van der Waals surface area contributed by atoms with E-state index in [1.807, 2.05) is 0 Å². The summed E-state index contributed by atoms with van der Waals surface area (Å²) < 4.78 is 22.0.